The van der Waals surface area contributed by atoms with Gasteiger partial charge in [0, 0.05) is 11.1 Å². The van der Waals surface area contributed by atoms with Gasteiger partial charge in [0.15, 0.2) is 0 Å². The molecular weight excluding hydrogens is 296 g/mol. The van der Waals surface area contributed by atoms with Crippen LogP contribution in [0.25, 0.3) is 10.2 Å². The van der Waals surface area contributed by atoms with E-state index in [1.165, 1.54) is 11.3 Å². The van der Waals surface area contributed by atoms with Gasteiger partial charge in [-0.3, -0.25) is 0 Å². The van der Waals surface area contributed by atoms with Crippen LogP contribution >= 0.6 is 11.3 Å². The molecule has 0 amide bonds. The molecule has 2 N–H and O–H groups in total. The number of ether oxygens (including phenoxy) is 1. The number of rotatable bonds is 2. The summed E-state index contributed by atoms with van der Waals surface area (Å²) in [6.45, 7) is 5.84. The van der Waals surface area contributed by atoms with Crippen molar-refractivity contribution in [3.63, 3.8) is 0 Å². The predicted octanol–water partition coefficient (Wildman–Crippen LogP) is 4.02. The third-order valence-electron chi connectivity index (χ3n) is 3.41. The molecule has 0 unspecified atom stereocenters. The van der Waals surface area contributed by atoms with Crippen molar-refractivity contribution < 1.29 is 9.53 Å². The van der Waals surface area contributed by atoms with Gasteiger partial charge in [-0.25, -0.2) is 9.78 Å². The number of carbonyl (C=O) groups is 1. The highest BCUT2D eigenvalue weighted by atomic mass is 32.1. The van der Waals surface area contributed by atoms with Gasteiger partial charge in [0.05, 0.1) is 5.69 Å². The molecule has 0 saturated carbocycles. The second-order valence-corrected chi connectivity index (χ2v) is 6.31. The van der Waals surface area contributed by atoms with Crippen molar-refractivity contribution in [3.8, 4) is 5.75 Å². The Kier molecular flexibility index (Phi) is 3.58. The number of nitrogen functional groups attached to an aromatic ring is 1. The monoisotopic (exact) mass is 312 g/mol. The molecule has 3 rings (SSSR count). The zero-order valence-electron chi connectivity index (χ0n) is 12.6. The number of aryl methyl sites for hydroxylation is 3. The third-order valence-corrected chi connectivity index (χ3v) is 4.49. The summed E-state index contributed by atoms with van der Waals surface area (Å²) in [5.41, 5.74) is 9.55. The molecule has 0 saturated heterocycles. The Balaban J connectivity index is 2.01. The van der Waals surface area contributed by atoms with E-state index in [0.29, 0.717) is 16.3 Å². The summed E-state index contributed by atoms with van der Waals surface area (Å²) in [5, 5.41) is 0.840. The van der Waals surface area contributed by atoms with Crippen LogP contribution in [0.4, 0.5) is 5.69 Å². The van der Waals surface area contributed by atoms with E-state index in [4.69, 9.17) is 10.5 Å². The van der Waals surface area contributed by atoms with Crippen molar-refractivity contribution in [1.82, 2.24) is 4.98 Å². The summed E-state index contributed by atoms with van der Waals surface area (Å²) in [7, 11) is 0. The number of carbonyl (C=O) groups excluding carboxylic acids is 1. The number of nitrogens with zero attached hydrogens (tertiary/aromatic N) is 1. The Morgan fingerprint density at radius 1 is 1.23 bits per heavy atom. The molecule has 1 aromatic carbocycles. The maximum absolute atomic E-state index is 12.4. The molecule has 0 aliphatic heterocycles. The molecular formula is C17H16N2O2S. The van der Waals surface area contributed by atoms with E-state index >= 15 is 0 Å². The minimum atomic E-state index is -0.442. The van der Waals surface area contributed by atoms with Crippen molar-refractivity contribution >= 4 is 33.2 Å². The zero-order chi connectivity index (χ0) is 15.9. The number of nitrogens with two attached hydrogens (primary N) is 1. The number of hydrogen-bond acceptors (Lipinski definition) is 5. The van der Waals surface area contributed by atoms with E-state index < -0.39 is 5.97 Å². The van der Waals surface area contributed by atoms with Crippen LogP contribution in [0.15, 0.2) is 30.3 Å². The van der Waals surface area contributed by atoms with Gasteiger partial charge in [0.1, 0.15) is 15.5 Å². The van der Waals surface area contributed by atoms with Crippen molar-refractivity contribution in [2.45, 2.75) is 20.8 Å². The molecule has 2 heterocycles. The molecule has 2 aromatic heterocycles. The first-order valence-electron chi connectivity index (χ1n) is 6.91. The second kappa shape index (κ2) is 5.42. The number of benzene rings is 1. The summed E-state index contributed by atoms with van der Waals surface area (Å²) in [6.07, 6.45) is 0. The fourth-order valence-corrected chi connectivity index (χ4v) is 3.55. The Hall–Kier alpha value is -2.40. The first-order valence-corrected chi connectivity index (χ1v) is 7.72. The highest BCUT2D eigenvalue weighted by Gasteiger charge is 2.20. The van der Waals surface area contributed by atoms with Crippen molar-refractivity contribution in [2.75, 3.05) is 5.73 Å². The number of thiophene rings is 1. The molecule has 0 atom stereocenters. The van der Waals surface area contributed by atoms with Crippen LogP contribution in [0.3, 0.4) is 0 Å². The molecule has 0 radical (unpaired) electrons. The van der Waals surface area contributed by atoms with Crippen LogP contribution in [0.5, 0.6) is 5.75 Å². The van der Waals surface area contributed by atoms with Crippen LogP contribution in [0.1, 0.15) is 26.5 Å². The van der Waals surface area contributed by atoms with Crippen LogP contribution < -0.4 is 10.5 Å². The lowest BCUT2D eigenvalue weighted by molar-refractivity contribution is 0.0741. The highest BCUT2D eigenvalue weighted by molar-refractivity contribution is 7.21. The topological polar surface area (TPSA) is 65.2 Å². The van der Waals surface area contributed by atoms with Gasteiger partial charge >= 0.3 is 5.97 Å². The van der Waals surface area contributed by atoms with Gasteiger partial charge in [-0.1, -0.05) is 12.1 Å². The highest BCUT2D eigenvalue weighted by Crippen LogP contribution is 2.35. The van der Waals surface area contributed by atoms with Gasteiger partial charge in [0.25, 0.3) is 0 Å². The quantitative estimate of drug-likeness (QED) is 0.573. The van der Waals surface area contributed by atoms with Gasteiger partial charge in [-0.2, -0.15) is 0 Å². The molecule has 0 bridgehead atoms. The van der Waals surface area contributed by atoms with Crippen LogP contribution in [0.2, 0.25) is 0 Å². The van der Waals surface area contributed by atoms with E-state index in [1.54, 1.807) is 6.07 Å². The lowest BCUT2D eigenvalue weighted by Gasteiger charge is -2.04. The largest absolute Gasteiger partial charge is 0.422 e. The van der Waals surface area contributed by atoms with Crippen LogP contribution in [0, 0.1) is 20.8 Å². The summed E-state index contributed by atoms with van der Waals surface area (Å²) >= 11 is 1.27. The van der Waals surface area contributed by atoms with Crippen LogP contribution in [-0.4, -0.2) is 11.0 Å². The first kappa shape index (κ1) is 14.5. The number of hydrogen-bond donors (Lipinski definition) is 1. The summed E-state index contributed by atoms with van der Waals surface area (Å²) < 4.78 is 5.43. The van der Waals surface area contributed by atoms with Crippen molar-refractivity contribution in [2.24, 2.45) is 0 Å². The Morgan fingerprint density at radius 3 is 2.73 bits per heavy atom. The van der Waals surface area contributed by atoms with Crippen LogP contribution in [-0.2, 0) is 0 Å². The lowest BCUT2D eigenvalue weighted by Crippen LogP contribution is -2.08. The summed E-state index contributed by atoms with van der Waals surface area (Å²) in [5.74, 6) is 0.0749. The fourth-order valence-electron chi connectivity index (χ4n) is 2.45. The Bertz CT molecular complexity index is 884. The first-order chi connectivity index (χ1) is 10.5. The van der Waals surface area contributed by atoms with E-state index in [1.807, 2.05) is 45.0 Å². The van der Waals surface area contributed by atoms with E-state index in [2.05, 4.69) is 4.98 Å². The molecule has 3 aromatic rings. The van der Waals surface area contributed by atoms with Gasteiger partial charge in [-0.15, -0.1) is 11.3 Å². The maximum atomic E-state index is 12.4. The predicted molar refractivity (Wildman–Crippen MR) is 89.6 cm³/mol. The average Bonchev–Trinajstić information content (AvgIpc) is 2.76. The van der Waals surface area contributed by atoms with Crippen molar-refractivity contribution in [1.29, 1.82) is 0 Å². The van der Waals surface area contributed by atoms with Gasteiger partial charge in [0.2, 0.25) is 0 Å². The second-order valence-electron chi connectivity index (χ2n) is 5.31. The Labute approximate surface area is 132 Å². The van der Waals surface area contributed by atoms with E-state index in [-0.39, 0.29) is 0 Å². The Morgan fingerprint density at radius 2 is 2.00 bits per heavy atom. The number of esters is 1. The molecule has 22 heavy (non-hydrogen) atoms. The summed E-state index contributed by atoms with van der Waals surface area (Å²) in [6, 6.07) is 9.32. The van der Waals surface area contributed by atoms with Crippen molar-refractivity contribution in [3.05, 3.63) is 52.0 Å². The minimum Gasteiger partial charge on any atom is -0.422 e. The molecule has 0 aliphatic carbocycles. The maximum Gasteiger partial charge on any atom is 0.355 e. The summed E-state index contributed by atoms with van der Waals surface area (Å²) in [4.78, 5) is 18.0. The number of fused-ring (bicyclic) bond motifs is 1. The molecule has 112 valence electrons. The van der Waals surface area contributed by atoms with Gasteiger partial charge < -0.3 is 10.5 Å². The van der Waals surface area contributed by atoms with E-state index in [0.717, 1.165) is 27.0 Å². The normalized spacial score (nSPS) is 10.9. The molecule has 4 nitrogen and oxygen atoms in total. The molecule has 0 fully saturated rings. The lowest BCUT2D eigenvalue weighted by atomic mass is 10.1. The number of anilines is 1. The standard InChI is InChI=1S/C17H16N2O2S/c1-9-5-4-6-12(7-9)21-17(20)15-14(18)13-10(2)8-11(3)19-16(13)22-15/h4-8H,18H2,1-3H3. The molecule has 0 spiro atoms. The zero-order valence-corrected chi connectivity index (χ0v) is 13.5. The minimum absolute atomic E-state index is 0.401. The molecule has 0 aliphatic rings. The number of aromatic nitrogens is 1. The number of pyridine rings is 1. The fraction of sp³-hybridized carbons (Fsp3) is 0.176. The average molecular weight is 312 g/mol. The van der Waals surface area contributed by atoms with E-state index in [9.17, 15) is 4.79 Å². The van der Waals surface area contributed by atoms with Gasteiger partial charge in [-0.05, 0) is 50.1 Å². The smallest absolute Gasteiger partial charge is 0.355 e. The SMILES string of the molecule is Cc1cccc(OC(=O)c2sc3nc(C)cc(C)c3c2N)c1. The third kappa shape index (κ3) is 2.55. The molecule has 5 heteroatoms.